The number of carbonyl (C=O) groups is 2. The van der Waals surface area contributed by atoms with Crippen LogP contribution in [0.5, 0.6) is 11.5 Å². The number of H-pyrrole nitrogens is 1. The van der Waals surface area contributed by atoms with Gasteiger partial charge in [-0.25, -0.2) is 9.59 Å². The van der Waals surface area contributed by atoms with Gasteiger partial charge < -0.3 is 28.5 Å². The summed E-state index contributed by atoms with van der Waals surface area (Å²) in [6, 6.07) is 4.14. The van der Waals surface area contributed by atoms with Gasteiger partial charge in [0.05, 0.1) is 19.3 Å². The summed E-state index contributed by atoms with van der Waals surface area (Å²) in [4.78, 5) is 31.5. The SMILES string of the molecule is CCOC(=O)c1c(C)[nH]c(C(=O)OCc2nc(-c3ccc(OC(F)F)c(OC)c3)no2)c1C. The highest BCUT2D eigenvalue weighted by atomic mass is 19.3. The van der Waals surface area contributed by atoms with E-state index in [-0.39, 0.29) is 47.7 Å². The maximum atomic E-state index is 12.5. The van der Waals surface area contributed by atoms with Gasteiger partial charge in [-0.2, -0.15) is 13.8 Å². The molecule has 0 aliphatic heterocycles. The van der Waals surface area contributed by atoms with Crippen molar-refractivity contribution in [3.8, 4) is 22.9 Å². The Hall–Kier alpha value is -3.96. The number of nitrogens with one attached hydrogen (secondary N) is 1. The van der Waals surface area contributed by atoms with Crippen LogP contribution in [0.3, 0.4) is 0 Å². The molecule has 2 aromatic heterocycles. The monoisotopic (exact) mass is 465 g/mol. The van der Waals surface area contributed by atoms with E-state index >= 15 is 0 Å². The van der Waals surface area contributed by atoms with E-state index in [1.54, 1.807) is 20.8 Å². The third-order valence-electron chi connectivity index (χ3n) is 4.55. The van der Waals surface area contributed by atoms with Crippen molar-refractivity contribution < 1.29 is 41.8 Å². The standard InChI is InChI=1S/C21H21F2N3O7/c1-5-30-19(27)16-10(2)17(24-11(16)3)20(28)31-9-15-25-18(26-33-15)12-6-7-13(32-21(22)23)14(8-12)29-4/h6-8,21,24H,5,9H2,1-4H3. The van der Waals surface area contributed by atoms with Crippen LogP contribution in [0.2, 0.25) is 0 Å². The largest absolute Gasteiger partial charge is 0.493 e. The lowest BCUT2D eigenvalue weighted by Crippen LogP contribution is -2.09. The highest BCUT2D eigenvalue weighted by molar-refractivity contribution is 5.98. The van der Waals surface area contributed by atoms with Crippen molar-refractivity contribution in [1.29, 1.82) is 0 Å². The topological polar surface area (TPSA) is 126 Å². The number of aromatic nitrogens is 3. The summed E-state index contributed by atoms with van der Waals surface area (Å²) in [5.74, 6) is -1.23. The Labute approximate surface area is 186 Å². The average Bonchev–Trinajstić information content (AvgIpc) is 3.36. The minimum atomic E-state index is -3.00. The first-order valence-corrected chi connectivity index (χ1v) is 9.74. The van der Waals surface area contributed by atoms with Gasteiger partial charge in [-0.05, 0) is 44.5 Å². The van der Waals surface area contributed by atoms with Crippen molar-refractivity contribution in [2.75, 3.05) is 13.7 Å². The second kappa shape index (κ2) is 10.1. The molecule has 0 radical (unpaired) electrons. The molecule has 176 valence electrons. The Kier molecular flexibility index (Phi) is 7.26. The molecular weight excluding hydrogens is 444 g/mol. The first-order chi connectivity index (χ1) is 15.7. The normalized spacial score (nSPS) is 10.9. The molecule has 0 fully saturated rings. The molecule has 0 saturated heterocycles. The third kappa shape index (κ3) is 5.27. The maximum absolute atomic E-state index is 12.5. The zero-order valence-corrected chi connectivity index (χ0v) is 18.2. The quantitative estimate of drug-likeness (QED) is 0.469. The predicted octanol–water partition coefficient (Wildman–Crippen LogP) is 3.83. The number of methoxy groups -OCH3 is 1. The molecule has 0 spiro atoms. The van der Waals surface area contributed by atoms with Crippen molar-refractivity contribution >= 4 is 11.9 Å². The van der Waals surface area contributed by atoms with Crippen molar-refractivity contribution in [1.82, 2.24) is 15.1 Å². The molecule has 0 unspecified atom stereocenters. The fourth-order valence-corrected chi connectivity index (χ4v) is 3.09. The molecule has 0 aliphatic rings. The van der Waals surface area contributed by atoms with Crippen molar-refractivity contribution in [3.63, 3.8) is 0 Å². The minimum Gasteiger partial charge on any atom is -0.493 e. The Balaban J connectivity index is 1.70. The summed E-state index contributed by atoms with van der Waals surface area (Å²) >= 11 is 0. The Morgan fingerprint density at radius 1 is 1.15 bits per heavy atom. The first-order valence-electron chi connectivity index (χ1n) is 9.74. The number of benzene rings is 1. The summed E-state index contributed by atoms with van der Waals surface area (Å²) in [5.41, 5.74) is 1.67. The summed E-state index contributed by atoms with van der Waals surface area (Å²) in [6.07, 6.45) is 0. The zero-order chi connectivity index (χ0) is 24.1. The number of hydrogen-bond acceptors (Lipinski definition) is 9. The number of rotatable bonds is 9. The van der Waals surface area contributed by atoms with Gasteiger partial charge >= 0.3 is 18.6 Å². The Bertz CT molecular complexity index is 1160. The van der Waals surface area contributed by atoms with Gasteiger partial charge in [0, 0.05) is 11.3 Å². The van der Waals surface area contributed by atoms with Gasteiger partial charge in [-0.1, -0.05) is 5.16 Å². The molecule has 0 bridgehead atoms. The highest BCUT2D eigenvalue weighted by Crippen LogP contribution is 2.32. The predicted molar refractivity (Wildman–Crippen MR) is 108 cm³/mol. The molecule has 3 aromatic rings. The van der Waals surface area contributed by atoms with Crippen LogP contribution < -0.4 is 9.47 Å². The van der Waals surface area contributed by atoms with Gasteiger partial charge in [-0.3, -0.25) is 0 Å². The van der Waals surface area contributed by atoms with Gasteiger partial charge in [-0.15, -0.1) is 0 Å². The number of ether oxygens (including phenoxy) is 4. The van der Waals surface area contributed by atoms with Gasteiger partial charge in [0.2, 0.25) is 5.82 Å². The van der Waals surface area contributed by atoms with Crippen molar-refractivity contribution in [2.45, 2.75) is 34.0 Å². The van der Waals surface area contributed by atoms with Gasteiger partial charge in [0.1, 0.15) is 5.69 Å². The molecule has 33 heavy (non-hydrogen) atoms. The second-order valence-corrected chi connectivity index (χ2v) is 6.68. The number of aromatic amines is 1. The number of halogens is 2. The smallest absolute Gasteiger partial charge is 0.387 e. The van der Waals surface area contributed by atoms with Gasteiger partial charge in [0.15, 0.2) is 18.1 Å². The van der Waals surface area contributed by atoms with Crippen LogP contribution in [0.25, 0.3) is 11.4 Å². The van der Waals surface area contributed by atoms with Crippen LogP contribution in [0.1, 0.15) is 44.9 Å². The molecule has 3 rings (SSSR count). The number of hydrogen-bond donors (Lipinski definition) is 1. The number of alkyl halides is 2. The molecule has 10 nitrogen and oxygen atoms in total. The lowest BCUT2D eigenvalue weighted by atomic mass is 10.1. The summed E-state index contributed by atoms with van der Waals surface area (Å²) < 4.78 is 49.7. The van der Waals surface area contributed by atoms with Crippen LogP contribution >= 0.6 is 0 Å². The van der Waals surface area contributed by atoms with E-state index in [1.807, 2.05) is 0 Å². The molecular formula is C21H21F2N3O7. The third-order valence-corrected chi connectivity index (χ3v) is 4.55. The van der Waals surface area contributed by atoms with E-state index in [2.05, 4.69) is 19.9 Å². The summed E-state index contributed by atoms with van der Waals surface area (Å²) in [7, 11) is 1.30. The average molecular weight is 465 g/mol. The molecule has 0 aliphatic carbocycles. The Morgan fingerprint density at radius 2 is 1.91 bits per heavy atom. The molecule has 2 heterocycles. The van der Waals surface area contributed by atoms with Crippen LogP contribution in [0.4, 0.5) is 8.78 Å². The maximum Gasteiger partial charge on any atom is 0.387 e. The lowest BCUT2D eigenvalue weighted by Gasteiger charge is -2.10. The van der Waals surface area contributed by atoms with Crippen molar-refractivity contribution in [3.05, 3.63) is 46.6 Å². The van der Waals surface area contributed by atoms with E-state index < -0.39 is 18.6 Å². The number of carbonyl (C=O) groups excluding carboxylic acids is 2. The van der Waals surface area contributed by atoms with Crippen LogP contribution in [-0.2, 0) is 16.1 Å². The minimum absolute atomic E-state index is 0.00299. The molecule has 0 atom stereocenters. The van der Waals surface area contributed by atoms with Crippen molar-refractivity contribution in [2.24, 2.45) is 0 Å². The summed E-state index contributed by atoms with van der Waals surface area (Å²) in [5, 5.41) is 3.79. The first kappa shape index (κ1) is 23.7. The van der Waals surface area contributed by atoms with E-state index in [1.165, 1.54) is 25.3 Å². The van der Waals surface area contributed by atoms with E-state index in [9.17, 15) is 18.4 Å². The molecule has 1 N–H and O–H groups in total. The second-order valence-electron chi connectivity index (χ2n) is 6.68. The fourth-order valence-electron chi connectivity index (χ4n) is 3.09. The molecule has 1 aromatic carbocycles. The lowest BCUT2D eigenvalue weighted by molar-refractivity contribution is -0.0512. The van der Waals surface area contributed by atoms with E-state index in [0.717, 1.165) is 0 Å². The van der Waals surface area contributed by atoms with Crippen LogP contribution in [0, 0.1) is 13.8 Å². The summed E-state index contributed by atoms with van der Waals surface area (Å²) in [6.45, 7) is 1.80. The fraction of sp³-hybridized carbons (Fsp3) is 0.333. The Morgan fingerprint density at radius 3 is 2.58 bits per heavy atom. The number of aryl methyl sites for hydroxylation is 1. The van der Waals surface area contributed by atoms with E-state index in [0.29, 0.717) is 16.8 Å². The molecule has 0 saturated carbocycles. The number of esters is 2. The van der Waals surface area contributed by atoms with E-state index in [4.69, 9.17) is 18.7 Å². The molecule has 12 heteroatoms. The molecule has 0 amide bonds. The highest BCUT2D eigenvalue weighted by Gasteiger charge is 2.24. The number of nitrogens with zero attached hydrogens (tertiary/aromatic N) is 2. The zero-order valence-electron chi connectivity index (χ0n) is 18.2. The van der Waals surface area contributed by atoms with Gasteiger partial charge in [0.25, 0.3) is 5.89 Å². The van der Waals surface area contributed by atoms with Crippen LogP contribution in [-0.4, -0.2) is 47.4 Å². The van der Waals surface area contributed by atoms with Crippen LogP contribution in [0.15, 0.2) is 22.7 Å².